The third-order valence-electron chi connectivity index (χ3n) is 2.88. The molecule has 110 valence electrons. The van der Waals surface area contributed by atoms with E-state index in [1.807, 2.05) is 0 Å². The third-order valence-corrected chi connectivity index (χ3v) is 2.88. The highest BCUT2D eigenvalue weighted by Crippen LogP contribution is 2.29. The number of ether oxygens (including phenoxy) is 2. The normalized spacial score (nSPS) is 10.2. The maximum Gasteiger partial charge on any atom is 0.311 e. The lowest BCUT2D eigenvalue weighted by molar-refractivity contribution is -0.386. The van der Waals surface area contributed by atoms with Crippen molar-refractivity contribution in [3.63, 3.8) is 0 Å². The Hall–Kier alpha value is -2.67. The number of aromatic nitrogens is 1. The first kappa shape index (κ1) is 14.7. The van der Waals surface area contributed by atoms with Crippen LogP contribution in [0.25, 0.3) is 0 Å². The topological polar surface area (TPSA) is 101 Å². The van der Waals surface area contributed by atoms with E-state index in [0.717, 1.165) is 0 Å². The Bertz CT molecular complexity index is 646. The number of methoxy groups -OCH3 is 1. The van der Waals surface area contributed by atoms with Crippen LogP contribution in [-0.2, 0) is 13.2 Å². The smallest absolute Gasteiger partial charge is 0.311 e. The number of hydrogen-bond donors (Lipinski definition) is 1. The van der Waals surface area contributed by atoms with Gasteiger partial charge in [0.2, 0.25) is 5.88 Å². The molecule has 1 heterocycles. The number of hydrogen-bond acceptors (Lipinski definition) is 6. The first-order chi connectivity index (χ1) is 10.2. The molecule has 2 aromatic rings. The maximum absolute atomic E-state index is 11.1. The van der Waals surface area contributed by atoms with Gasteiger partial charge < -0.3 is 15.2 Å². The number of nitro groups is 1. The zero-order chi connectivity index (χ0) is 15.2. The van der Waals surface area contributed by atoms with Gasteiger partial charge in [-0.2, -0.15) is 0 Å². The highest BCUT2D eigenvalue weighted by molar-refractivity contribution is 5.48. The minimum absolute atomic E-state index is 0.110. The molecule has 2 rings (SSSR count). The molecule has 0 radical (unpaired) electrons. The second-order valence-electron chi connectivity index (χ2n) is 4.22. The Morgan fingerprint density at radius 3 is 2.86 bits per heavy atom. The van der Waals surface area contributed by atoms with Gasteiger partial charge in [0.05, 0.1) is 17.6 Å². The lowest BCUT2D eigenvalue weighted by Crippen LogP contribution is -2.03. The van der Waals surface area contributed by atoms with Crippen molar-refractivity contribution in [2.24, 2.45) is 5.73 Å². The zero-order valence-electron chi connectivity index (χ0n) is 11.5. The van der Waals surface area contributed by atoms with Crippen molar-refractivity contribution in [2.45, 2.75) is 13.2 Å². The van der Waals surface area contributed by atoms with E-state index < -0.39 is 4.92 Å². The minimum Gasteiger partial charge on any atom is -0.482 e. The van der Waals surface area contributed by atoms with Gasteiger partial charge in [-0.1, -0.05) is 6.07 Å². The fourth-order valence-electron chi connectivity index (χ4n) is 1.83. The standard InChI is InChI=1S/C14H15N3O4/c1-20-14-11(3-2-6-16-14)9-21-13-5-4-10(8-15)7-12(13)17(18)19/h2-7H,8-9,15H2,1H3. The summed E-state index contributed by atoms with van der Waals surface area (Å²) in [5.74, 6) is 0.613. The van der Waals surface area contributed by atoms with Crippen LogP contribution in [-0.4, -0.2) is 17.0 Å². The fourth-order valence-corrected chi connectivity index (χ4v) is 1.83. The van der Waals surface area contributed by atoms with Crippen LogP contribution >= 0.6 is 0 Å². The summed E-state index contributed by atoms with van der Waals surface area (Å²) in [5, 5.41) is 11.1. The van der Waals surface area contributed by atoms with E-state index in [4.69, 9.17) is 15.2 Å². The molecule has 0 saturated carbocycles. The van der Waals surface area contributed by atoms with Crippen molar-refractivity contribution in [1.82, 2.24) is 4.98 Å². The second kappa shape index (κ2) is 6.67. The summed E-state index contributed by atoms with van der Waals surface area (Å²) in [6.07, 6.45) is 1.60. The van der Waals surface area contributed by atoms with E-state index >= 15 is 0 Å². The number of pyridine rings is 1. The largest absolute Gasteiger partial charge is 0.482 e. The molecule has 7 nitrogen and oxygen atoms in total. The van der Waals surface area contributed by atoms with Crippen molar-refractivity contribution < 1.29 is 14.4 Å². The van der Waals surface area contributed by atoms with Crippen molar-refractivity contribution in [3.8, 4) is 11.6 Å². The van der Waals surface area contributed by atoms with Gasteiger partial charge in [-0.15, -0.1) is 0 Å². The van der Waals surface area contributed by atoms with Crippen LogP contribution in [0.3, 0.4) is 0 Å². The van der Waals surface area contributed by atoms with Crippen LogP contribution in [0.4, 0.5) is 5.69 Å². The Balaban J connectivity index is 2.21. The van der Waals surface area contributed by atoms with Crippen molar-refractivity contribution in [1.29, 1.82) is 0 Å². The average molecular weight is 289 g/mol. The van der Waals surface area contributed by atoms with Gasteiger partial charge in [0.1, 0.15) is 6.61 Å². The molecular formula is C14H15N3O4. The van der Waals surface area contributed by atoms with Crippen molar-refractivity contribution in [2.75, 3.05) is 7.11 Å². The third kappa shape index (κ3) is 3.46. The molecule has 0 fully saturated rings. The molecular weight excluding hydrogens is 274 g/mol. The average Bonchev–Trinajstić information content (AvgIpc) is 2.52. The molecule has 0 amide bonds. The predicted octanol–water partition coefficient (Wildman–Crippen LogP) is 2.04. The van der Waals surface area contributed by atoms with Gasteiger partial charge >= 0.3 is 5.69 Å². The van der Waals surface area contributed by atoms with Gasteiger partial charge in [0, 0.05) is 18.8 Å². The molecule has 0 aliphatic heterocycles. The maximum atomic E-state index is 11.1. The molecule has 21 heavy (non-hydrogen) atoms. The lowest BCUT2D eigenvalue weighted by Gasteiger charge is -2.10. The van der Waals surface area contributed by atoms with Gasteiger partial charge in [-0.3, -0.25) is 10.1 Å². The van der Waals surface area contributed by atoms with Crippen LogP contribution in [0.1, 0.15) is 11.1 Å². The van der Waals surface area contributed by atoms with Gasteiger partial charge in [0.15, 0.2) is 5.75 Å². The lowest BCUT2D eigenvalue weighted by atomic mass is 10.2. The van der Waals surface area contributed by atoms with E-state index in [1.54, 1.807) is 30.5 Å². The number of rotatable bonds is 6. The minimum atomic E-state index is -0.491. The Labute approximate surface area is 121 Å². The van der Waals surface area contributed by atoms with Gasteiger partial charge in [-0.25, -0.2) is 4.98 Å². The molecule has 0 bridgehead atoms. The van der Waals surface area contributed by atoms with E-state index in [-0.39, 0.29) is 24.6 Å². The summed E-state index contributed by atoms with van der Waals surface area (Å²) in [7, 11) is 1.50. The zero-order valence-corrected chi connectivity index (χ0v) is 11.5. The summed E-state index contributed by atoms with van der Waals surface area (Å²) >= 11 is 0. The summed E-state index contributed by atoms with van der Waals surface area (Å²) in [5.41, 5.74) is 6.75. The van der Waals surface area contributed by atoms with E-state index in [0.29, 0.717) is 17.0 Å². The van der Waals surface area contributed by atoms with Crippen LogP contribution in [0.2, 0.25) is 0 Å². The molecule has 2 N–H and O–H groups in total. The number of nitrogens with zero attached hydrogens (tertiary/aromatic N) is 2. The molecule has 0 aliphatic carbocycles. The summed E-state index contributed by atoms with van der Waals surface area (Å²) in [4.78, 5) is 14.6. The highest BCUT2D eigenvalue weighted by atomic mass is 16.6. The molecule has 0 spiro atoms. The van der Waals surface area contributed by atoms with Crippen LogP contribution < -0.4 is 15.2 Å². The molecule has 0 unspecified atom stereocenters. The monoisotopic (exact) mass is 289 g/mol. The molecule has 7 heteroatoms. The van der Waals surface area contributed by atoms with E-state index in [1.165, 1.54) is 13.2 Å². The fraction of sp³-hybridized carbons (Fsp3) is 0.214. The van der Waals surface area contributed by atoms with Gasteiger partial charge in [-0.05, 0) is 23.8 Å². The first-order valence-electron chi connectivity index (χ1n) is 6.23. The van der Waals surface area contributed by atoms with E-state index in [2.05, 4.69) is 4.98 Å². The predicted molar refractivity (Wildman–Crippen MR) is 76.1 cm³/mol. The van der Waals surface area contributed by atoms with Crippen molar-refractivity contribution in [3.05, 3.63) is 57.8 Å². The summed E-state index contributed by atoms with van der Waals surface area (Å²) in [6.45, 7) is 0.359. The van der Waals surface area contributed by atoms with Crippen molar-refractivity contribution >= 4 is 5.69 Å². The Morgan fingerprint density at radius 1 is 1.38 bits per heavy atom. The molecule has 0 atom stereocenters. The van der Waals surface area contributed by atoms with Crippen LogP contribution in [0.15, 0.2) is 36.5 Å². The Kier molecular flexibility index (Phi) is 4.68. The van der Waals surface area contributed by atoms with E-state index in [9.17, 15) is 10.1 Å². The second-order valence-corrected chi connectivity index (χ2v) is 4.22. The Morgan fingerprint density at radius 2 is 2.19 bits per heavy atom. The van der Waals surface area contributed by atoms with Crippen LogP contribution in [0.5, 0.6) is 11.6 Å². The first-order valence-corrected chi connectivity index (χ1v) is 6.23. The number of nitrogens with two attached hydrogens (primary N) is 1. The number of benzene rings is 1. The quantitative estimate of drug-likeness (QED) is 0.645. The SMILES string of the molecule is COc1ncccc1COc1ccc(CN)cc1[N+](=O)[O-]. The summed E-state index contributed by atoms with van der Waals surface area (Å²) in [6, 6.07) is 8.18. The highest BCUT2D eigenvalue weighted by Gasteiger charge is 2.16. The van der Waals surface area contributed by atoms with Crippen LogP contribution in [0, 0.1) is 10.1 Å². The molecule has 0 saturated heterocycles. The molecule has 1 aromatic carbocycles. The summed E-state index contributed by atoms with van der Waals surface area (Å²) < 4.78 is 10.6. The molecule has 0 aliphatic rings. The van der Waals surface area contributed by atoms with Gasteiger partial charge in [0.25, 0.3) is 0 Å². The molecule has 1 aromatic heterocycles. The number of nitro benzene ring substituents is 1.